The van der Waals surface area contributed by atoms with E-state index in [-0.39, 0.29) is 12.6 Å². The summed E-state index contributed by atoms with van der Waals surface area (Å²) in [7, 11) is 1.57. The Morgan fingerprint density at radius 2 is 2.11 bits per heavy atom. The summed E-state index contributed by atoms with van der Waals surface area (Å²) in [5.74, 6) is 3.21. The van der Waals surface area contributed by atoms with Crippen LogP contribution >= 0.6 is 0 Å². The second-order valence-electron chi connectivity index (χ2n) is 4.89. The highest BCUT2D eigenvalue weighted by atomic mass is 16.5. The molecule has 0 fully saturated rings. The lowest BCUT2D eigenvalue weighted by Crippen LogP contribution is -2.26. The molecule has 19 heavy (non-hydrogen) atoms. The summed E-state index contributed by atoms with van der Waals surface area (Å²) in [5, 5.41) is 0. The fourth-order valence-electron chi connectivity index (χ4n) is 2.00. The van der Waals surface area contributed by atoms with Gasteiger partial charge in [-0.05, 0) is 26.3 Å². The molecule has 0 radical (unpaired) electrons. The highest BCUT2D eigenvalue weighted by Gasteiger charge is 2.31. The van der Waals surface area contributed by atoms with Crippen LogP contribution in [0.5, 0.6) is 11.5 Å². The van der Waals surface area contributed by atoms with E-state index in [9.17, 15) is 4.79 Å². The molecule has 0 spiro atoms. The molecule has 0 saturated carbocycles. The van der Waals surface area contributed by atoms with Crippen LogP contribution in [0.25, 0.3) is 0 Å². The second kappa shape index (κ2) is 4.51. The van der Waals surface area contributed by atoms with Crippen LogP contribution in [0.2, 0.25) is 0 Å². The van der Waals surface area contributed by atoms with Gasteiger partial charge in [0, 0.05) is 11.6 Å². The molecule has 4 heteroatoms. The Morgan fingerprint density at radius 3 is 2.68 bits per heavy atom. The quantitative estimate of drug-likeness (QED) is 0.618. The zero-order valence-corrected chi connectivity index (χ0v) is 11.5. The Balaban J connectivity index is 2.58. The molecule has 1 aromatic rings. The number of rotatable bonds is 3. The maximum absolute atomic E-state index is 11.8. The van der Waals surface area contributed by atoms with Gasteiger partial charge in [0.25, 0.3) is 0 Å². The first-order valence-electron chi connectivity index (χ1n) is 5.94. The highest BCUT2D eigenvalue weighted by molar-refractivity contribution is 5.97. The van der Waals surface area contributed by atoms with Gasteiger partial charge in [0.1, 0.15) is 23.7 Å². The molecule has 0 amide bonds. The van der Waals surface area contributed by atoms with E-state index in [2.05, 4.69) is 5.92 Å². The molecular weight excluding hydrogens is 244 g/mol. The molecule has 0 N–H and O–H groups in total. The third-order valence-electron chi connectivity index (χ3n) is 3.12. The largest absolute Gasteiger partial charge is 0.496 e. The lowest BCUT2D eigenvalue weighted by molar-refractivity contribution is 0.0529. The number of ether oxygens (including phenoxy) is 3. The molecule has 1 aliphatic rings. The monoisotopic (exact) mass is 260 g/mol. The summed E-state index contributed by atoms with van der Waals surface area (Å²) >= 11 is 0. The van der Waals surface area contributed by atoms with Gasteiger partial charge in [0.2, 0.25) is 0 Å². The van der Waals surface area contributed by atoms with Crippen molar-refractivity contribution in [2.24, 2.45) is 0 Å². The molecule has 0 unspecified atom stereocenters. The number of cyclic esters (lactones) is 1. The fourth-order valence-corrected chi connectivity index (χ4v) is 2.00. The minimum Gasteiger partial charge on any atom is -0.496 e. The van der Waals surface area contributed by atoms with Crippen LogP contribution in [0.4, 0.5) is 0 Å². The van der Waals surface area contributed by atoms with Crippen LogP contribution in [0.15, 0.2) is 6.07 Å². The van der Waals surface area contributed by atoms with Crippen LogP contribution in [-0.2, 0) is 11.3 Å². The van der Waals surface area contributed by atoms with E-state index in [1.165, 1.54) is 0 Å². The Labute approximate surface area is 112 Å². The van der Waals surface area contributed by atoms with Gasteiger partial charge in [-0.25, -0.2) is 4.79 Å². The SMILES string of the molecule is C#CC(C)(C)Oc1cc(OC)c(C)c2c1C(=O)OC2. The van der Waals surface area contributed by atoms with E-state index in [1.807, 2.05) is 6.92 Å². The number of hydrogen-bond acceptors (Lipinski definition) is 4. The van der Waals surface area contributed by atoms with Gasteiger partial charge in [0.15, 0.2) is 5.60 Å². The van der Waals surface area contributed by atoms with E-state index < -0.39 is 5.60 Å². The van der Waals surface area contributed by atoms with E-state index >= 15 is 0 Å². The Morgan fingerprint density at radius 1 is 1.42 bits per heavy atom. The van der Waals surface area contributed by atoms with Crippen molar-refractivity contribution in [1.29, 1.82) is 0 Å². The summed E-state index contributed by atoms with van der Waals surface area (Å²) in [4.78, 5) is 11.8. The van der Waals surface area contributed by atoms with Crippen molar-refractivity contribution in [2.45, 2.75) is 33.0 Å². The van der Waals surface area contributed by atoms with Crippen LogP contribution in [0.3, 0.4) is 0 Å². The average Bonchev–Trinajstić information content (AvgIpc) is 2.75. The van der Waals surface area contributed by atoms with E-state index in [4.69, 9.17) is 20.6 Å². The first-order chi connectivity index (χ1) is 8.89. The van der Waals surface area contributed by atoms with Crippen molar-refractivity contribution >= 4 is 5.97 Å². The molecule has 1 heterocycles. The van der Waals surface area contributed by atoms with Gasteiger partial charge in [-0.3, -0.25) is 0 Å². The molecule has 100 valence electrons. The number of methoxy groups -OCH3 is 1. The molecule has 0 atom stereocenters. The third-order valence-corrected chi connectivity index (χ3v) is 3.12. The number of carbonyl (C=O) groups excluding carboxylic acids is 1. The lowest BCUT2D eigenvalue weighted by Gasteiger charge is -2.22. The minimum absolute atomic E-state index is 0.240. The summed E-state index contributed by atoms with van der Waals surface area (Å²) in [6.45, 7) is 5.64. The number of esters is 1. The molecular formula is C15H16O4. The van der Waals surface area contributed by atoms with E-state index in [1.54, 1.807) is 27.0 Å². The standard InChI is InChI=1S/C15H16O4/c1-6-15(3,4)19-12-7-11(17-5)9(2)10-8-18-14(16)13(10)12/h1,7H,8H2,2-5H3. The van der Waals surface area contributed by atoms with Crippen molar-refractivity contribution in [2.75, 3.05) is 7.11 Å². The first kappa shape index (κ1) is 13.3. The maximum Gasteiger partial charge on any atom is 0.342 e. The zero-order chi connectivity index (χ0) is 14.2. The molecule has 4 nitrogen and oxygen atoms in total. The normalized spacial score (nSPS) is 13.5. The Kier molecular flexibility index (Phi) is 3.15. The van der Waals surface area contributed by atoms with Crippen molar-refractivity contribution in [3.63, 3.8) is 0 Å². The van der Waals surface area contributed by atoms with Gasteiger partial charge in [0.05, 0.1) is 7.11 Å². The van der Waals surface area contributed by atoms with Crippen LogP contribution in [-0.4, -0.2) is 18.7 Å². The van der Waals surface area contributed by atoms with Crippen LogP contribution < -0.4 is 9.47 Å². The number of carbonyl (C=O) groups is 1. The summed E-state index contributed by atoms with van der Waals surface area (Å²) in [6.07, 6.45) is 5.41. The molecule has 1 aliphatic heterocycles. The topological polar surface area (TPSA) is 44.8 Å². The van der Waals surface area contributed by atoms with Gasteiger partial charge in [-0.15, -0.1) is 6.42 Å². The summed E-state index contributed by atoms with van der Waals surface area (Å²) < 4.78 is 16.1. The van der Waals surface area contributed by atoms with Gasteiger partial charge < -0.3 is 14.2 Å². The van der Waals surface area contributed by atoms with Gasteiger partial charge >= 0.3 is 5.97 Å². The number of fused-ring (bicyclic) bond motifs is 1. The van der Waals surface area contributed by atoms with Crippen LogP contribution in [0.1, 0.15) is 35.3 Å². The highest BCUT2D eigenvalue weighted by Crippen LogP contribution is 2.38. The molecule has 1 aromatic carbocycles. The molecule has 0 aromatic heterocycles. The molecule has 0 aliphatic carbocycles. The molecule has 0 saturated heterocycles. The summed E-state index contributed by atoms with van der Waals surface area (Å²) in [6, 6.07) is 1.68. The minimum atomic E-state index is -0.809. The smallest absolute Gasteiger partial charge is 0.342 e. The second-order valence-corrected chi connectivity index (χ2v) is 4.89. The van der Waals surface area contributed by atoms with Crippen molar-refractivity contribution in [3.05, 3.63) is 22.8 Å². The predicted molar refractivity (Wildman–Crippen MR) is 70.4 cm³/mol. The zero-order valence-electron chi connectivity index (χ0n) is 11.5. The summed E-state index contributed by atoms with van der Waals surface area (Å²) in [5.41, 5.74) is 1.32. The van der Waals surface area contributed by atoms with E-state index in [0.717, 1.165) is 11.1 Å². The average molecular weight is 260 g/mol. The maximum atomic E-state index is 11.8. The van der Waals surface area contributed by atoms with Gasteiger partial charge in [-0.2, -0.15) is 0 Å². The molecule has 0 bridgehead atoms. The lowest BCUT2D eigenvalue weighted by atomic mass is 10.0. The van der Waals surface area contributed by atoms with E-state index in [0.29, 0.717) is 17.1 Å². The van der Waals surface area contributed by atoms with Crippen molar-refractivity contribution in [3.8, 4) is 23.8 Å². The molecule has 2 rings (SSSR count). The van der Waals surface area contributed by atoms with Crippen LogP contribution in [0, 0.1) is 19.3 Å². The van der Waals surface area contributed by atoms with Gasteiger partial charge in [-0.1, -0.05) is 5.92 Å². The Bertz CT molecular complexity index is 579. The number of hydrogen-bond donors (Lipinski definition) is 0. The predicted octanol–water partition coefficient (Wildman–Crippen LogP) is 2.46. The third kappa shape index (κ3) is 2.24. The van der Waals surface area contributed by atoms with Crippen molar-refractivity contribution in [1.82, 2.24) is 0 Å². The number of benzene rings is 1. The first-order valence-corrected chi connectivity index (χ1v) is 5.94. The van der Waals surface area contributed by atoms with Crippen molar-refractivity contribution < 1.29 is 19.0 Å². The number of terminal acetylenes is 1. The Hall–Kier alpha value is -2.15. The fraction of sp³-hybridized carbons (Fsp3) is 0.400.